The number of benzene rings is 3. The molecule has 0 aromatic heterocycles. The predicted octanol–water partition coefficient (Wildman–Crippen LogP) is 5.87. The van der Waals surface area contributed by atoms with E-state index in [0.29, 0.717) is 12.1 Å². The number of carbonyl (C=O) groups is 2. The molecule has 2 fully saturated rings. The predicted molar refractivity (Wildman–Crippen MR) is 141 cm³/mol. The van der Waals surface area contributed by atoms with Gasteiger partial charge in [-0.25, -0.2) is 4.39 Å². The van der Waals surface area contributed by atoms with Crippen molar-refractivity contribution in [1.29, 1.82) is 0 Å². The van der Waals surface area contributed by atoms with Crippen LogP contribution in [0.3, 0.4) is 0 Å². The Morgan fingerprint density at radius 1 is 0.892 bits per heavy atom. The number of amides is 2. The van der Waals surface area contributed by atoms with Gasteiger partial charge in [-0.1, -0.05) is 61.4 Å². The van der Waals surface area contributed by atoms with E-state index >= 15 is 0 Å². The van der Waals surface area contributed by atoms with Crippen molar-refractivity contribution in [3.8, 4) is 0 Å². The fourth-order valence-corrected chi connectivity index (χ4v) is 6.64. The Morgan fingerprint density at radius 3 is 2.41 bits per heavy atom. The van der Waals surface area contributed by atoms with Crippen molar-refractivity contribution in [1.82, 2.24) is 10.2 Å². The average molecular weight is 498 g/mol. The van der Waals surface area contributed by atoms with Crippen molar-refractivity contribution in [2.24, 2.45) is 11.8 Å². The summed E-state index contributed by atoms with van der Waals surface area (Å²) in [5, 5.41) is 6.81. The van der Waals surface area contributed by atoms with Gasteiger partial charge in [0.05, 0.1) is 18.0 Å². The van der Waals surface area contributed by atoms with Crippen LogP contribution in [0.4, 0.5) is 10.1 Å². The van der Waals surface area contributed by atoms with Gasteiger partial charge in [0.1, 0.15) is 5.82 Å². The minimum Gasteiger partial charge on any atom is -0.378 e. The number of nitrogens with one attached hydrogen (secondary N) is 2. The Morgan fingerprint density at radius 2 is 1.62 bits per heavy atom. The van der Waals surface area contributed by atoms with Crippen LogP contribution in [0.2, 0.25) is 0 Å². The molecule has 190 valence electrons. The van der Waals surface area contributed by atoms with Crippen LogP contribution in [-0.2, 0) is 4.79 Å². The second-order valence-corrected chi connectivity index (χ2v) is 10.5. The largest absolute Gasteiger partial charge is 0.378 e. The minimum atomic E-state index is -0.289. The van der Waals surface area contributed by atoms with Crippen molar-refractivity contribution in [3.63, 3.8) is 0 Å². The van der Waals surface area contributed by atoms with Crippen molar-refractivity contribution >= 4 is 17.5 Å². The van der Waals surface area contributed by atoms with Gasteiger partial charge in [-0.15, -0.1) is 0 Å². The van der Waals surface area contributed by atoms with Crippen molar-refractivity contribution in [3.05, 3.63) is 101 Å². The highest BCUT2D eigenvalue weighted by atomic mass is 19.1. The van der Waals surface area contributed by atoms with Gasteiger partial charge in [0, 0.05) is 35.3 Å². The van der Waals surface area contributed by atoms with Crippen LogP contribution in [0.15, 0.2) is 78.9 Å². The third-order valence-corrected chi connectivity index (χ3v) is 8.39. The first-order valence-corrected chi connectivity index (χ1v) is 13.4. The Kier molecular flexibility index (Phi) is 6.41. The molecule has 2 N–H and O–H groups in total. The smallest absolute Gasteiger partial charge is 0.251 e. The third-order valence-electron chi connectivity index (χ3n) is 8.39. The van der Waals surface area contributed by atoms with E-state index in [0.717, 1.165) is 43.4 Å². The SMILES string of the molecule is O=C(N[C@@H]1CCCC[C@@H]1C(=O)N1CC[C@@H]2[C@@H](c3ccccc3)Nc3ccc(F)cc3[C@H]21)c1ccccc1. The van der Waals surface area contributed by atoms with E-state index in [-0.39, 0.29) is 47.6 Å². The second kappa shape index (κ2) is 10.0. The van der Waals surface area contributed by atoms with Crippen molar-refractivity contribution in [2.75, 3.05) is 11.9 Å². The first-order chi connectivity index (χ1) is 18.1. The summed E-state index contributed by atoms with van der Waals surface area (Å²) in [5.74, 6) is -0.483. The first kappa shape index (κ1) is 23.7. The molecule has 1 saturated heterocycles. The van der Waals surface area contributed by atoms with Gasteiger partial charge in [0.15, 0.2) is 0 Å². The molecule has 0 spiro atoms. The fraction of sp³-hybridized carbons (Fsp3) is 0.355. The monoisotopic (exact) mass is 497 g/mol. The Bertz CT molecular complexity index is 1280. The molecule has 3 aliphatic rings. The van der Waals surface area contributed by atoms with E-state index < -0.39 is 0 Å². The van der Waals surface area contributed by atoms with E-state index in [1.54, 1.807) is 24.3 Å². The Labute approximate surface area is 217 Å². The average Bonchev–Trinajstić information content (AvgIpc) is 3.39. The third kappa shape index (κ3) is 4.50. The number of fused-ring (bicyclic) bond motifs is 3. The number of hydrogen-bond acceptors (Lipinski definition) is 3. The van der Waals surface area contributed by atoms with Crippen LogP contribution < -0.4 is 10.6 Å². The molecule has 6 rings (SSSR count). The van der Waals surface area contributed by atoms with E-state index in [9.17, 15) is 14.0 Å². The zero-order chi connectivity index (χ0) is 25.4. The van der Waals surface area contributed by atoms with Gasteiger partial charge in [-0.05, 0) is 55.2 Å². The summed E-state index contributed by atoms with van der Waals surface area (Å²) >= 11 is 0. The van der Waals surface area contributed by atoms with Crippen LogP contribution in [0.5, 0.6) is 0 Å². The van der Waals surface area contributed by atoms with Crippen molar-refractivity contribution < 1.29 is 14.0 Å². The maximum Gasteiger partial charge on any atom is 0.251 e. The van der Waals surface area contributed by atoms with Crippen LogP contribution in [0.1, 0.15) is 65.7 Å². The zero-order valence-corrected chi connectivity index (χ0v) is 20.8. The van der Waals surface area contributed by atoms with Gasteiger partial charge in [0.25, 0.3) is 5.91 Å². The fourth-order valence-electron chi connectivity index (χ4n) is 6.64. The molecule has 5 atom stereocenters. The summed E-state index contributed by atoms with van der Waals surface area (Å²) in [5.41, 5.74) is 3.51. The van der Waals surface area contributed by atoms with Crippen LogP contribution >= 0.6 is 0 Å². The lowest BCUT2D eigenvalue weighted by Crippen LogP contribution is -2.50. The lowest BCUT2D eigenvalue weighted by molar-refractivity contribution is -0.138. The second-order valence-electron chi connectivity index (χ2n) is 10.5. The summed E-state index contributed by atoms with van der Waals surface area (Å²) in [6.07, 6.45) is 4.34. The zero-order valence-electron chi connectivity index (χ0n) is 20.8. The number of hydrogen-bond donors (Lipinski definition) is 2. The molecule has 0 unspecified atom stereocenters. The van der Waals surface area contributed by atoms with E-state index in [1.165, 1.54) is 11.6 Å². The first-order valence-electron chi connectivity index (χ1n) is 13.4. The molecular weight excluding hydrogens is 465 g/mol. The molecule has 1 saturated carbocycles. The summed E-state index contributed by atoms with van der Waals surface area (Å²) in [6.45, 7) is 0.630. The molecule has 0 radical (unpaired) electrons. The molecule has 37 heavy (non-hydrogen) atoms. The molecule has 6 heteroatoms. The summed E-state index contributed by atoms with van der Waals surface area (Å²) in [4.78, 5) is 29.1. The summed E-state index contributed by atoms with van der Waals surface area (Å²) in [7, 11) is 0. The van der Waals surface area contributed by atoms with Gasteiger partial charge >= 0.3 is 0 Å². The highest BCUT2D eigenvalue weighted by molar-refractivity contribution is 5.95. The highest BCUT2D eigenvalue weighted by Crippen LogP contribution is 2.52. The number of nitrogens with zero attached hydrogens (tertiary/aromatic N) is 1. The number of rotatable bonds is 4. The molecule has 2 heterocycles. The number of carbonyl (C=O) groups excluding carboxylic acids is 2. The topological polar surface area (TPSA) is 61.4 Å². The number of halogens is 1. The number of anilines is 1. The van der Waals surface area contributed by atoms with E-state index in [2.05, 4.69) is 22.8 Å². The standard InChI is InChI=1S/C31H32FN3O2/c32-22-15-16-27-25(19-22)29-24(28(33-27)20-9-3-1-4-10-20)17-18-35(29)31(37)23-13-7-8-14-26(23)34-30(36)21-11-5-2-6-12-21/h1-6,9-12,15-16,19,23-24,26,28-29,33H,7-8,13-14,17-18H2,(H,34,36)/t23-,24+,26+,28+,29-/m0/s1. The van der Waals surface area contributed by atoms with Crippen LogP contribution in [0, 0.1) is 17.7 Å². The minimum absolute atomic E-state index is 0.0434. The molecule has 3 aromatic rings. The van der Waals surface area contributed by atoms with Crippen LogP contribution in [-0.4, -0.2) is 29.3 Å². The lowest BCUT2D eigenvalue weighted by atomic mass is 9.79. The van der Waals surface area contributed by atoms with Crippen molar-refractivity contribution in [2.45, 2.75) is 50.2 Å². The molecule has 5 nitrogen and oxygen atoms in total. The van der Waals surface area contributed by atoms with Gasteiger partial charge in [-0.2, -0.15) is 0 Å². The van der Waals surface area contributed by atoms with Gasteiger partial charge < -0.3 is 15.5 Å². The molecule has 0 bridgehead atoms. The molecule has 3 aromatic carbocycles. The van der Waals surface area contributed by atoms with E-state index in [4.69, 9.17) is 0 Å². The molecule has 2 amide bonds. The number of likely N-dealkylation sites (tertiary alicyclic amines) is 1. The van der Waals surface area contributed by atoms with Gasteiger partial charge in [0.2, 0.25) is 5.91 Å². The maximum absolute atomic E-state index is 14.4. The molecule has 2 aliphatic heterocycles. The molecule has 1 aliphatic carbocycles. The Hall–Kier alpha value is -3.67. The highest BCUT2D eigenvalue weighted by Gasteiger charge is 2.48. The summed E-state index contributed by atoms with van der Waals surface area (Å²) < 4.78 is 14.4. The Balaban J connectivity index is 1.30. The van der Waals surface area contributed by atoms with Crippen LogP contribution in [0.25, 0.3) is 0 Å². The van der Waals surface area contributed by atoms with E-state index in [1.807, 2.05) is 41.3 Å². The normalized spacial score (nSPS) is 26.5. The molecular formula is C31H32FN3O2. The quantitative estimate of drug-likeness (QED) is 0.474. The lowest BCUT2D eigenvalue weighted by Gasteiger charge is -2.42. The summed E-state index contributed by atoms with van der Waals surface area (Å²) in [6, 6.07) is 24.0. The maximum atomic E-state index is 14.4. The van der Waals surface area contributed by atoms with Gasteiger partial charge in [-0.3, -0.25) is 9.59 Å².